The lowest BCUT2D eigenvalue weighted by molar-refractivity contribution is -0.389. The molecule has 1 aromatic heterocycles. The third kappa shape index (κ3) is 5.51. The van der Waals surface area contributed by atoms with Gasteiger partial charge in [-0.05, 0) is 56.9 Å². The van der Waals surface area contributed by atoms with E-state index in [9.17, 15) is 14.9 Å². The van der Waals surface area contributed by atoms with Crippen molar-refractivity contribution >= 4 is 11.7 Å². The van der Waals surface area contributed by atoms with Crippen molar-refractivity contribution < 1.29 is 9.72 Å². The lowest BCUT2D eigenvalue weighted by Crippen LogP contribution is -2.63. The SMILES string of the molecule is CCCCN(C(=O)Cn1cc([N+](=O)[O-])nc1C)C1CC(C)(C)NC(C)(C)C1. The van der Waals surface area contributed by atoms with Crippen LogP contribution in [-0.4, -0.2) is 48.9 Å². The molecule has 0 spiro atoms. The summed E-state index contributed by atoms with van der Waals surface area (Å²) in [5.41, 5.74) is -0.109. The maximum absolute atomic E-state index is 13.2. The highest BCUT2D eigenvalue weighted by Gasteiger charge is 2.41. The van der Waals surface area contributed by atoms with Gasteiger partial charge in [-0.1, -0.05) is 13.3 Å². The van der Waals surface area contributed by atoms with E-state index >= 15 is 0 Å². The lowest BCUT2D eigenvalue weighted by atomic mass is 9.79. The number of nitro groups is 1. The van der Waals surface area contributed by atoms with Crippen molar-refractivity contribution in [3.63, 3.8) is 0 Å². The molecule has 1 fully saturated rings. The average molecular weight is 380 g/mol. The second-order valence-electron chi connectivity index (χ2n) is 8.93. The van der Waals surface area contributed by atoms with Crippen molar-refractivity contribution in [1.29, 1.82) is 0 Å². The number of nitrogens with zero attached hydrogens (tertiary/aromatic N) is 4. The first kappa shape index (κ1) is 21.3. The van der Waals surface area contributed by atoms with Gasteiger partial charge in [0.15, 0.2) is 0 Å². The van der Waals surface area contributed by atoms with Crippen LogP contribution in [0.4, 0.5) is 5.82 Å². The zero-order valence-corrected chi connectivity index (χ0v) is 17.4. The molecule has 0 aliphatic carbocycles. The number of hydrogen-bond acceptors (Lipinski definition) is 5. The van der Waals surface area contributed by atoms with Crippen LogP contribution in [0.2, 0.25) is 0 Å². The first-order chi connectivity index (χ1) is 12.4. The number of amides is 1. The van der Waals surface area contributed by atoms with Gasteiger partial charge in [0.05, 0.1) is 0 Å². The predicted molar refractivity (Wildman–Crippen MR) is 105 cm³/mol. The number of piperidine rings is 1. The Kier molecular flexibility index (Phi) is 6.29. The van der Waals surface area contributed by atoms with Crippen LogP contribution in [0.1, 0.15) is 66.1 Å². The highest BCUT2D eigenvalue weighted by atomic mass is 16.6. The molecule has 1 aromatic rings. The first-order valence-electron chi connectivity index (χ1n) is 9.71. The number of carbonyl (C=O) groups is 1. The Morgan fingerprint density at radius 3 is 2.44 bits per heavy atom. The van der Waals surface area contributed by atoms with Crippen molar-refractivity contribution in [3.8, 4) is 0 Å². The zero-order valence-electron chi connectivity index (χ0n) is 17.4. The molecule has 8 nitrogen and oxygen atoms in total. The van der Waals surface area contributed by atoms with Gasteiger partial charge >= 0.3 is 5.82 Å². The number of nitrogens with one attached hydrogen (secondary N) is 1. The lowest BCUT2D eigenvalue weighted by Gasteiger charge is -2.49. The van der Waals surface area contributed by atoms with E-state index in [0.717, 1.165) is 25.7 Å². The molecule has 0 unspecified atom stereocenters. The summed E-state index contributed by atoms with van der Waals surface area (Å²) in [4.78, 5) is 29.5. The molecule has 1 N–H and O–H groups in total. The molecule has 27 heavy (non-hydrogen) atoms. The van der Waals surface area contributed by atoms with E-state index in [1.54, 1.807) is 11.5 Å². The van der Waals surface area contributed by atoms with Gasteiger partial charge in [-0.3, -0.25) is 9.36 Å². The van der Waals surface area contributed by atoms with E-state index in [4.69, 9.17) is 0 Å². The van der Waals surface area contributed by atoms with Gasteiger partial charge in [0.1, 0.15) is 12.7 Å². The minimum atomic E-state index is -0.527. The van der Waals surface area contributed by atoms with Gasteiger partial charge < -0.3 is 20.3 Å². The van der Waals surface area contributed by atoms with E-state index in [1.807, 2.05) is 4.90 Å². The molecule has 0 bridgehead atoms. The normalized spacial score (nSPS) is 19.0. The monoisotopic (exact) mass is 379 g/mol. The number of hydrogen-bond donors (Lipinski definition) is 1. The summed E-state index contributed by atoms with van der Waals surface area (Å²) in [7, 11) is 0. The Morgan fingerprint density at radius 2 is 1.96 bits per heavy atom. The van der Waals surface area contributed by atoms with Gasteiger partial charge in [-0.15, -0.1) is 0 Å². The Balaban J connectivity index is 2.22. The first-order valence-corrected chi connectivity index (χ1v) is 9.71. The van der Waals surface area contributed by atoms with Crippen molar-refractivity contribution in [2.45, 2.75) is 90.9 Å². The van der Waals surface area contributed by atoms with Crippen molar-refractivity contribution in [2.24, 2.45) is 0 Å². The average Bonchev–Trinajstić information content (AvgIpc) is 2.86. The summed E-state index contributed by atoms with van der Waals surface area (Å²) in [6.45, 7) is 13.3. The molecule has 8 heteroatoms. The van der Waals surface area contributed by atoms with E-state index in [-0.39, 0.29) is 35.4 Å². The zero-order chi connectivity index (χ0) is 20.4. The second-order valence-corrected chi connectivity index (χ2v) is 8.93. The fourth-order valence-corrected chi connectivity index (χ4v) is 4.30. The topological polar surface area (TPSA) is 93.3 Å². The highest BCUT2D eigenvalue weighted by molar-refractivity contribution is 5.76. The molecular formula is C19H33N5O3. The van der Waals surface area contributed by atoms with E-state index < -0.39 is 4.92 Å². The minimum absolute atomic E-state index is 0.00246. The van der Waals surface area contributed by atoms with Crippen LogP contribution < -0.4 is 5.32 Å². The van der Waals surface area contributed by atoms with Crippen molar-refractivity contribution in [3.05, 3.63) is 22.1 Å². The van der Waals surface area contributed by atoms with Crippen LogP contribution in [0.3, 0.4) is 0 Å². The smallest absolute Gasteiger partial charge is 0.358 e. The van der Waals surface area contributed by atoms with Gasteiger partial charge in [0.25, 0.3) is 0 Å². The number of rotatable bonds is 7. The van der Waals surface area contributed by atoms with E-state index in [1.165, 1.54) is 6.20 Å². The molecule has 0 radical (unpaired) electrons. The predicted octanol–water partition coefficient (Wildman–Crippen LogP) is 3.04. The molecule has 2 rings (SSSR count). The van der Waals surface area contributed by atoms with E-state index in [2.05, 4.69) is 44.9 Å². The molecule has 1 amide bonds. The summed E-state index contributed by atoms with van der Waals surface area (Å²) in [6, 6.07) is 0.147. The summed E-state index contributed by atoms with van der Waals surface area (Å²) in [5, 5.41) is 14.6. The molecule has 1 aliphatic heterocycles. The molecule has 2 heterocycles. The number of imidazole rings is 1. The standard InChI is InChI=1S/C19H33N5O3/c1-7-8-9-23(15-10-18(3,4)21-19(5,6)11-15)17(25)13-22-12-16(24(26)27)20-14(22)2/h12,15,21H,7-11,13H2,1-6H3. The van der Waals surface area contributed by atoms with Crippen LogP contribution in [0.15, 0.2) is 6.20 Å². The number of aromatic nitrogens is 2. The van der Waals surface area contributed by atoms with Gasteiger partial charge in [-0.25, -0.2) is 0 Å². The second kappa shape index (κ2) is 7.96. The van der Waals surface area contributed by atoms with Crippen molar-refractivity contribution in [1.82, 2.24) is 19.8 Å². The number of unbranched alkanes of at least 4 members (excludes halogenated alkanes) is 1. The van der Waals surface area contributed by atoms with Crippen molar-refractivity contribution in [2.75, 3.05) is 6.54 Å². The Bertz CT molecular complexity index is 680. The largest absolute Gasteiger partial charge is 0.381 e. The maximum atomic E-state index is 13.2. The third-order valence-electron chi connectivity index (χ3n) is 5.14. The van der Waals surface area contributed by atoms with Crippen LogP contribution in [0.25, 0.3) is 0 Å². The van der Waals surface area contributed by atoms with Crippen LogP contribution in [0, 0.1) is 17.0 Å². The van der Waals surface area contributed by atoms with Gasteiger partial charge in [0, 0.05) is 30.6 Å². The number of carbonyl (C=O) groups excluding carboxylic acids is 1. The fourth-order valence-electron chi connectivity index (χ4n) is 4.30. The Hall–Kier alpha value is -1.96. The summed E-state index contributed by atoms with van der Waals surface area (Å²) in [6.07, 6.45) is 5.07. The fraction of sp³-hybridized carbons (Fsp3) is 0.789. The number of aryl methyl sites for hydroxylation is 1. The Morgan fingerprint density at radius 1 is 1.37 bits per heavy atom. The summed E-state index contributed by atoms with van der Waals surface area (Å²) < 4.78 is 1.58. The third-order valence-corrected chi connectivity index (χ3v) is 5.14. The molecule has 1 aliphatic rings. The maximum Gasteiger partial charge on any atom is 0.381 e. The minimum Gasteiger partial charge on any atom is -0.358 e. The molecule has 0 saturated carbocycles. The Labute approximate surface area is 161 Å². The highest BCUT2D eigenvalue weighted by Crippen LogP contribution is 2.32. The van der Waals surface area contributed by atoms with Crippen LogP contribution >= 0.6 is 0 Å². The van der Waals surface area contributed by atoms with Crippen LogP contribution in [-0.2, 0) is 11.3 Å². The quantitative estimate of drug-likeness (QED) is 0.580. The molecule has 0 atom stereocenters. The molecule has 0 aromatic carbocycles. The van der Waals surface area contributed by atoms with Gasteiger partial charge in [0.2, 0.25) is 11.7 Å². The summed E-state index contributed by atoms with van der Waals surface area (Å²) >= 11 is 0. The van der Waals surface area contributed by atoms with E-state index in [0.29, 0.717) is 12.4 Å². The molecular weight excluding hydrogens is 346 g/mol. The van der Waals surface area contributed by atoms with Crippen LogP contribution in [0.5, 0.6) is 0 Å². The summed E-state index contributed by atoms with van der Waals surface area (Å²) in [5.74, 6) is 0.262. The molecule has 1 saturated heterocycles. The van der Waals surface area contributed by atoms with Gasteiger partial charge in [-0.2, -0.15) is 0 Å². The molecule has 152 valence electrons.